The van der Waals surface area contributed by atoms with E-state index in [9.17, 15) is 19.2 Å². The predicted octanol–water partition coefficient (Wildman–Crippen LogP) is 5.61. The average Bonchev–Trinajstić information content (AvgIpc) is 3.81. The average molecular weight is 891 g/mol. The van der Waals surface area contributed by atoms with E-state index in [1.54, 1.807) is 49.6 Å². The van der Waals surface area contributed by atoms with Crippen LogP contribution in [0.25, 0.3) is 22.5 Å². The minimum absolute atomic E-state index is 0.192. The van der Waals surface area contributed by atoms with Gasteiger partial charge in [-0.05, 0) is 105 Å². The molecule has 1 aromatic heterocycles. The number of amides is 4. The molecule has 1 saturated carbocycles. The number of alkyl carbamates (subject to hydrolysis) is 1. The molecule has 5 N–H and O–H groups in total. The van der Waals surface area contributed by atoms with Crippen LogP contribution in [0.4, 0.5) is 10.5 Å². The first-order valence-electron chi connectivity index (χ1n) is 21.2. The summed E-state index contributed by atoms with van der Waals surface area (Å²) < 4.78 is 26.6. The van der Waals surface area contributed by atoms with Crippen molar-refractivity contribution in [2.45, 2.75) is 64.5 Å². The van der Waals surface area contributed by atoms with Crippen molar-refractivity contribution in [1.82, 2.24) is 36.6 Å². The van der Waals surface area contributed by atoms with E-state index in [1.165, 1.54) is 0 Å². The fourth-order valence-electron chi connectivity index (χ4n) is 6.86. The number of halogens is 1. The van der Waals surface area contributed by atoms with E-state index in [2.05, 4.69) is 41.9 Å². The van der Waals surface area contributed by atoms with Crippen molar-refractivity contribution in [3.8, 4) is 22.5 Å². The fourth-order valence-corrected chi connectivity index (χ4v) is 7.14. The second kappa shape index (κ2) is 25.0. The summed E-state index contributed by atoms with van der Waals surface area (Å²) in [6.07, 6.45) is 2.54. The summed E-state index contributed by atoms with van der Waals surface area (Å²) in [6.45, 7) is 9.42. The van der Waals surface area contributed by atoms with E-state index in [-0.39, 0.29) is 36.0 Å². The van der Waals surface area contributed by atoms with Crippen LogP contribution in [0.2, 0.25) is 5.02 Å². The van der Waals surface area contributed by atoms with Crippen LogP contribution in [0.15, 0.2) is 66.7 Å². The molecule has 1 heterocycles. The van der Waals surface area contributed by atoms with Gasteiger partial charge in [-0.3, -0.25) is 14.4 Å². The third-order valence-corrected chi connectivity index (χ3v) is 10.5. The Morgan fingerprint density at radius 3 is 2.08 bits per heavy atom. The Morgan fingerprint density at radius 2 is 1.46 bits per heavy atom. The summed E-state index contributed by atoms with van der Waals surface area (Å²) >= 11 is 6.69. The number of hydrogen-bond donors (Lipinski definition) is 5. The van der Waals surface area contributed by atoms with E-state index < -0.39 is 17.7 Å². The number of anilines is 1. The molecule has 5 rings (SSSR count). The van der Waals surface area contributed by atoms with Crippen molar-refractivity contribution in [2.24, 2.45) is 11.8 Å². The number of ether oxygens (including phenoxy) is 5. The van der Waals surface area contributed by atoms with Crippen LogP contribution < -0.4 is 21.3 Å². The van der Waals surface area contributed by atoms with Gasteiger partial charge in [0.15, 0.2) is 0 Å². The maximum atomic E-state index is 13.9. The quantitative estimate of drug-likeness (QED) is 0.0575. The highest BCUT2D eigenvalue weighted by Crippen LogP contribution is 2.31. The lowest BCUT2D eigenvalue weighted by atomic mass is 9.81. The van der Waals surface area contributed by atoms with Gasteiger partial charge in [-0.1, -0.05) is 41.9 Å². The zero-order valence-corrected chi connectivity index (χ0v) is 37.1. The number of H-pyrrole nitrogens is 1. The molecule has 1 aliphatic rings. The molecule has 0 saturated heterocycles. The Hall–Kier alpha value is -5.46. The van der Waals surface area contributed by atoms with Gasteiger partial charge in [0.1, 0.15) is 11.6 Å². The topological polar surface area (TPSA) is 217 Å². The molecule has 3 aromatic carbocycles. The van der Waals surface area contributed by atoms with Gasteiger partial charge in [0, 0.05) is 59.9 Å². The van der Waals surface area contributed by atoms with Gasteiger partial charge in [0.25, 0.3) is 5.91 Å². The third kappa shape index (κ3) is 16.6. The van der Waals surface area contributed by atoms with Gasteiger partial charge in [-0.15, -0.1) is 10.2 Å². The third-order valence-electron chi connectivity index (χ3n) is 10.2. The summed E-state index contributed by atoms with van der Waals surface area (Å²) in [5.41, 5.74) is 3.46. The fraction of sp³-hybridized carbons (Fsp3) is 0.489. The molecule has 0 bridgehead atoms. The Morgan fingerprint density at radius 1 is 0.810 bits per heavy atom. The highest BCUT2D eigenvalue weighted by molar-refractivity contribution is 6.33. The molecule has 0 spiro atoms. The summed E-state index contributed by atoms with van der Waals surface area (Å²) in [5, 5.41) is 26.1. The molecule has 4 amide bonds. The largest absolute Gasteiger partial charge is 0.444 e. The minimum Gasteiger partial charge on any atom is -0.444 e. The second-order valence-electron chi connectivity index (χ2n) is 16.1. The molecule has 0 radical (unpaired) electrons. The number of nitrogens with one attached hydrogen (secondary N) is 5. The van der Waals surface area contributed by atoms with Gasteiger partial charge < -0.3 is 45.0 Å². The maximum Gasteiger partial charge on any atom is 0.407 e. The molecule has 1 fully saturated rings. The lowest BCUT2D eigenvalue weighted by Crippen LogP contribution is -2.48. The first-order valence-corrected chi connectivity index (χ1v) is 21.6. The Balaban J connectivity index is 1.14. The molecular weight excluding hydrogens is 832 g/mol. The zero-order chi connectivity index (χ0) is 45.0. The molecule has 0 unspecified atom stereocenters. The molecule has 4 aromatic rings. The van der Waals surface area contributed by atoms with E-state index in [1.807, 2.05) is 45.0 Å². The lowest BCUT2D eigenvalue weighted by molar-refractivity contribution is -0.130. The SMILES string of the molecule is COCCOCCOCCOCCNC(=O)c1ccc(-c2ccc(C[C@H](NC(=O)C3CCC(CNC(=O)OC(C)(C)C)CC3)C(=O)Nc3ccc(-c4nn[nH]n4)cc3)cc2)c(Cl)c1. The molecular formula is C45H59ClN8O9. The van der Waals surface area contributed by atoms with Crippen LogP contribution in [0, 0.1) is 11.8 Å². The summed E-state index contributed by atoms with van der Waals surface area (Å²) in [7, 11) is 1.62. The molecule has 0 aliphatic heterocycles. The molecule has 1 aliphatic carbocycles. The normalized spacial score (nSPS) is 15.6. The number of nitrogens with zero attached hydrogens (tertiary/aromatic N) is 3. The van der Waals surface area contributed by atoms with Crippen LogP contribution in [0.3, 0.4) is 0 Å². The van der Waals surface area contributed by atoms with Crippen molar-refractivity contribution in [3.63, 3.8) is 0 Å². The summed E-state index contributed by atoms with van der Waals surface area (Å²) in [5.74, 6) is -0.467. The molecule has 340 valence electrons. The number of tetrazole rings is 1. The number of hydrogen-bond acceptors (Lipinski definition) is 12. The number of rotatable bonds is 23. The van der Waals surface area contributed by atoms with Crippen LogP contribution in [-0.4, -0.2) is 123 Å². The van der Waals surface area contributed by atoms with Crippen molar-refractivity contribution >= 4 is 41.1 Å². The second-order valence-corrected chi connectivity index (χ2v) is 16.6. The lowest BCUT2D eigenvalue weighted by Gasteiger charge is -2.29. The van der Waals surface area contributed by atoms with Gasteiger partial charge in [-0.2, -0.15) is 5.21 Å². The number of aromatic nitrogens is 4. The predicted molar refractivity (Wildman–Crippen MR) is 237 cm³/mol. The maximum absolute atomic E-state index is 13.9. The van der Waals surface area contributed by atoms with Crippen LogP contribution in [0.1, 0.15) is 62.4 Å². The Bertz CT molecular complexity index is 2040. The van der Waals surface area contributed by atoms with Gasteiger partial charge in [0.2, 0.25) is 17.6 Å². The van der Waals surface area contributed by atoms with Gasteiger partial charge >= 0.3 is 6.09 Å². The number of benzene rings is 3. The minimum atomic E-state index is -0.886. The molecule has 1 atom stereocenters. The monoisotopic (exact) mass is 890 g/mol. The first kappa shape index (κ1) is 48.6. The highest BCUT2D eigenvalue weighted by atomic mass is 35.5. The molecule has 18 heteroatoms. The zero-order valence-electron chi connectivity index (χ0n) is 36.4. The van der Waals surface area contributed by atoms with Crippen LogP contribution in [0.5, 0.6) is 0 Å². The number of carbonyl (C=O) groups is 4. The highest BCUT2D eigenvalue weighted by Gasteiger charge is 2.30. The van der Waals surface area contributed by atoms with Crippen LogP contribution >= 0.6 is 11.6 Å². The molecule has 63 heavy (non-hydrogen) atoms. The van der Waals surface area contributed by atoms with E-state index in [4.69, 9.17) is 35.3 Å². The Kier molecular flexibility index (Phi) is 19.3. The first-order chi connectivity index (χ1) is 30.4. The van der Waals surface area contributed by atoms with Crippen molar-refractivity contribution in [2.75, 3.05) is 71.8 Å². The van der Waals surface area contributed by atoms with E-state index >= 15 is 0 Å². The number of methoxy groups -OCH3 is 1. The van der Waals surface area contributed by atoms with Gasteiger partial charge in [-0.25, -0.2) is 4.79 Å². The standard InChI is InChI=1S/C45H59ClN8O9/c1-45(2,3)63-44(58)48-29-31-7-11-34(12-8-31)42(56)50-39(43(57)49-36-16-13-33(14-17-36)40-51-53-54-52-40)27-30-5-9-32(10-6-30)37-18-15-35(28-38(37)46)41(55)47-19-20-60-23-24-62-26-25-61-22-21-59-4/h5-6,9-10,13-18,28,31,34,39H,7-8,11-12,19-27,29H2,1-4H3,(H,47,55)(H,48,58)(H,49,57)(H,50,56)(H,51,52,53,54)/t31?,34?,39-/m0/s1. The van der Waals surface area contributed by atoms with Gasteiger partial charge in [0.05, 0.1) is 46.2 Å². The number of aromatic amines is 1. The summed E-state index contributed by atoms with van der Waals surface area (Å²) in [4.78, 5) is 52.6. The summed E-state index contributed by atoms with van der Waals surface area (Å²) in [6, 6.07) is 18.8. The van der Waals surface area contributed by atoms with Crippen LogP contribution in [-0.2, 0) is 39.7 Å². The Labute approximate surface area is 373 Å². The van der Waals surface area contributed by atoms with Crippen molar-refractivity contribution < 1.29 is 42.9 Å². The molecule has 17 nitrogen and oxygen atoms in total. The van der Waals surface area contributed by atoms with Crippen molar-refractivity contribution in [3.05, 3.63) is 82.9 Å². The number of carbonyl (C=O) groups excluding carboxylic acids is 4. The van der Waals surface area contributed by atoms with E-state index in [0.717, 1.165) is 35.1 Å². The van der Waals surface area contributed by atoms with Crippen molar-refractivity contribution in [1.29, 1.82) is 0 Å². The smallest absolute Gasteiger partial charge is 0.407 e. The van der Waals surface area contributed by atoms with E-state index in [0.29, 0.717) is 94.3 Å².